The van der Waals surface area contributed by atoms with Crippen molar-refractivity contribution >= 4 is 6.47 Å². The molecule has 1 saturated carbocycles. The topological polar surface area (TPSA) is 95.6 Å². The zero-order valence-corrected chi connectivity index (χ0v) is 20.5. The lowest BCUT2D eigenvalue weighted by atomic mass is 9.73. The van der Waals surface area contributed by atoms with E-state index in [9.17, 15) is 5.11 Å². The fourth-order valence-electron chi connectivity index (χ4n) is 6.46. The van der Waals surface area contributed by atoms with Gasteiger partial charge < -0.3 is 28.6 Å². The minimum Gasteiger partial charge on any atom is -0.554 e. The molecule has 4 aliphatic rings. The Morgan fingerprint density at radius 3 is 2.51 bits per heavy atom. The predicted octanol–water partition coefficient (Wildman–Crippen LogP) is 3.17. The summed E-state index contributed by atoms with van der Waals surface area (Å²) in [5, 5.41) is 20.3. The Bertz CT molecular complexity index is 947. The lowest BCUT2D eigenvalue weighted by Crippen LogP contribution is -2.63. The molecule has 7 heteroatoms. The number of carbonyl (C=O) groups excluding carboxylic acids is 1. The van der Waals surface area contributed by atoms with Gasteiger partial charge in [0.15, 0.2) is 11.4 Å². The van der Waals surface area contributed by atoms with E-state index in [0.717, 1.165) is 54.6 Å². The summed E-state index contributed by atoms with van der Waals surface area (Å²) < 4.78 is 13.5. The first-order valence-electron chi connectivity index (χ1n) is 12.9. The number of carboxylic acid groups (broad SMARTS) is 1. The van der Waals surface area contributed by atoms with Gasteiger partial charge in [0.2, 0.25) is 5.89 Å². The summed E-state index contributed by atoms with van der Waals surface area (Å²) in [6.45, 7) is 8.11. The van der Waals surface area contributed by atoms with E-state index in [1.807, 2.05) is 42.6 Å². The van der Waals surface area contributed by atoms with Gasteiger partial charge in [0, 0.05) is 31.1 Å². The monoisotopic (exact) mass is 482 g/mol. The molecule has 6 rings (SSSR count). The van der Waals surface area contributed by atoms with Gasteiger partial charge in [-0.25, -0.2) is 4.98 Å². The summed E-state index contributed by atoms with van der Waals surface area (Å²) in [7, 11) is 0. The smallest absolute Gasteiger partial charge is 0.231 e. The highest BCUT2D eigenvalue weighted by molar-refractivity contribution is 5.30. The van der Waals surface area contributed by atoms with E-state index in [0.29, 0.717) is 24.5 Å². The van der Waals surface area contributed by atoms with E-state index < -0.39 is 12.1 Å². The fraction of sp³-hybridized carbons (Fsp3) is 0.571. The van der Waals surface area contributed by atoms with E-state index in [2.05, 4.69) is 11.6 Å². The van der Waals surface area contributed by atoms with Gasteiger partial charge in [-0.1, -0.05) is 55.7 Å². The van der Waals surface area contributed by atoms with Crippen LogP contribution in [0.3, 0.4) is 0 Å². The maximum Gasteiger partial charge on any atom is 0.231 e. The first kappa shape index (κ1) is 25.6. The summed E-state index contributed by atoms with van der Waals surface area (Å²) in [4.78, 5) is 12.9. The molecule has 7 nitrogen and oxygen atoms in total. The number of carbonyl (C=O) groups is 1. The molecule has 3 saturated heterocycles. The van der Waals surface area contributed by atoms with Gasteiger partial charge in [-0.2, -0.15) is 0 Å². The largest absolute Gasteiger partial charge is 0.554 e. The molecular formula is C28H38N2O5. The van der Waals surface area contributed by atoms with Crippen molar-refractivity contribution in [3.05, 3.63) is 66.4 Å². The molecule has 2 aromatic rings. The van der Waals surface area contributed by atoms with Gasteiger partial charge in [0.25, 0.3) is 0 Å². The molecule has 4 heterocycles. The molecule has 0 radical (unpaired) electrons. The van der Waals surface area contributed by atoms with Gasteiger partial charge in [-0.15, -0.1) is 6.58 Å². The number of nitrogens with zero attached hydrogens (tertiary/aromatic N) is 2. The minimum absolute atomic E-state index is 0.139. The number of hydrogen-bond acceptors (Lipinski definition) is 6. The Morgan fingerprint density at radius 1 is 1.17 bits per heavy atom. The molecule has 35 heavy (non-hydrogen) atoms. The van der Waals surface area contributed by atoms with Crippen LogP contribution < -0.4 is 5.11 Å². The first-order chi connectivity index (χ1) is 17.0. The van der Waals surface area contributed by atoms with E-state index in [4.69, 9.17) is 19.1 Å². The van der Waals surface area contributed by atoms with Crippen LogP contribution >= 0.6 is 0 Å². The van der Waals surface area contributed by atoms with Crippen molar-refractivity contribution < 1.29 is 28.6 Å². The molecule has 0 amide bonds. The van der Waals surface area contributed by atoms with Crippen molar-refractivity contribution in [1.82, 2.24) is 4.98 Å². The van der Waals surface area contributed by atoms with Crippen molar-refractivity contribution in [3.8, 4) is 0 Å². The van der Waals surface area contributed by atoms with Crippen molar-refractivity contribution in [2.45, 2.75) is 63.2 Å². The van der Waals surface area contributed by atoms with Crippen molar-refractivity contribution in [2.24, 2.45) is 11.8 Å². The lowest BCUT2D eigenvalue weighted by Gasteiger charge is -2.51. The molecule has 0 spiro atoms. The highest BCUT2D eigenvalue weighted by Crippen LogP contribution is 2.44. The first-order valence-corrected chi connectivity index (χ1v) is 12.9. The van der Waals surface area contributed by atoms with Crippen LogP contribution in [0.15, 0.2) is 53.6 Å². The Kier molecular flexibility index (Phi) is 8.42. The fourth-order valence-corrected chi connectivity index (χ4v) is 6.46. The number of quaternary nitrogens is 1. The quantitative estimate of drug-likeness (QED) is 0.353. The molecule has 190 valence electrons. The van der Waals surface area contributed by atoms with Crippen LogP contribution in [0, 0.1) is 11.8 Å². The van der Waals surface area contributed by atoms with E-state index in [1.165, 1.54) is 32.4 Å². The van der Waals surface area contributed by atoms with Crippen LogP contribution in [0.4, 0.5) is 0 Å². The van der Waals surface area contributed by atoms with E-state index >= 15 is 0 Å². The molecule has 1 N–H and O–H groups in total. The number of hydrogen-bond donors (Lipinski definition) is 1. The molecule has 2 atom stereocenters. The molecule has 0 unspecified atom stereocenters. The number of ether oxygens (including phenoxy) is 1. The van der Waals surface area contributed by atoms with Crippen molar-refractivity contribution in [1.29, 1.82) is 0 Å². The second kappa shape index (κ2) is 11.5. The SMILES string of the molecule is C=CCO[C@H]1C[N+]2(Cc3cnc([C@](O)(c4ccccc4)C4CCCCC4)o3)CCC1CC2.O=C[O-]. The molecular weight excluding hydrogens is 444 g/mol. The predicted molar refractivity (Wildman–Crippen MR) is 130 cm³/mol. The molecule has 1 aliphatic carbocycles. The van der Waals surface area contributed by atoms with Crippen molar-refractivity contribution in [3.63, 3.8) is 0 Å². The zero-order chi connectivity index (χ0) is 24.7. The van der Waals surface area contributed by atoms with Gasteiger partial charge in [-0.3, -0.25) is 0 Å². The third-order valence-electron chi connectivity index (χ3n) is 8.25. The van der Waals surface area contributed by atoms with Crippen LogP contribution in [-0.2, 0) is 21.7 Å². The summed E-state index contributed by atoms with van der Waals surface area (Å²) in [5.74, 6) is 2.16. The summed E-state index contributed by atoms with van der Waals surface area (Å²) in [6, 6.07) is 10.0. The van der Waals surface area contributed by atoms with E-state index in [1.54, 1.807) is 0 Å². The molecule has 1 aromatic heterocycles. The second-order valence-corrected chi connectivity index (χ2v) is 10.3. The molecule has 1 aromatic carbocycles. The number of rotatable bonds is 8. The number of piperidine rings is 3. The Hall–Kier alpha value is -2.48. The number of benzene rings is 1. The normalized spacial score (nSPS) is 27.9. The van der Waals surface area contributed by atoms with Crippen LogP contribution in [0.25, 0.3) is 0 Å². The third-order valence-corrected chi connectivity index (χ3v) is 8.25. The van der Waals surface area contributed by atoms with Crippen LogP contribution in [0.2, 0.25) is 0 Å². The number of aromatic nitrogens is 1. The zero-order valence-electron chi connectivity index (χ0n) is 20.5. The maximum absolute atomic E-state index is 12.1. The Morgan fingerprint density at radius 2 is 1.86 bits per heavy atom. The number of fused-ring (bicyclic) bond motifs is 3. The summed E-state index contributed by atoms with van der Waals surface area (Å²) >= 11 is 0. The van der Waals surface area contributed by atoms with Crippen molar-refractivity contribution in [2.75, 3.05) is 26.2 Å². The second-order valence-electron chi connectivity index (χ2n) is 10.3. The Labute approximate surface area is 208 Å². The third kappa shape index (κ3) is 5.52. The lowest BCUT2D eigenvalue weighted by molar-refractivity contribution is -0.959. The number of aliphatic hydroxyl groups is 1. The highest BCUT2D eigenvalue weighted by atomic mass is 16.5. The average Bonchev–Trinajstić information content (AvgIpc) is 3.37. The summed E-state index contributed by atoms with van der Waals surface area (Å²) in [6.07, 6.45) is 12.0. The van der Waals surface area contributed by atoms with E-state index in [-0.39, 0.29) is 5.92 Å². The highest BCUT2D eigenvalue weighted by Gasteiger charge is 2.48. The molecule has 2 bridgehead atoms. The minimum atomic E-state index is -1.16. The van der Waals surface area contributed by atoms with Gasteiger partial charge in [0.1, 0.15) is 19.2 Å². The molecule has 3 aliphatic heterocycles. The average molecular weight is 483 g/mol. The van der Waals surface area contributed by atoms with Crippen LogP contribution in [0.5, 0.6) is 0 Å². The van der Waals surface area contributed by atoms with Gasteiger partial charge >= 0.3 is 0 Å². The molecule has 4 fully saturated rings. The van der Waals surface area contributed by atoms with Crippen LogP contribution in [-0.4, -0.2) is 53.4 Å². The number of oxazole rings is 1. The standard InChI is InChI=1S/C27H37N2O3.CH2O2/c1-2-17-31-25-20-29(15-13-21(25)14-16-29)19-24-18-28-26(32-24)27(30,22-9-5-3-6-10-22)23-11-7-4-8-12-23;2-1-3/h2-3,5-6,9-10,18,21,23,25,30H,1,4,7-8,11-17,19-20H2;1H,(H,2,3)/q+1;/p-1/t21?,25-,27-,29?;/m0./s1. The van der Waals surface area contributed by atoms with Gasteiger partial charge in [0.05, 0.1) is 25.9 Å². The Balaban J connectivity index is 0.000000917. The van der Waals surface area contributed by atoms with Crippen LogP contribution in [0.1, 0.15) is 62.2 Å². The summed E-state index contributed by atoms with van der Waals surface area (Å²) in [5.41, 5.74) is -0.270. The maximum atomic E-state index is 12.1. The van der Waals surface area contributed by atoms with Gasteiger partial charge in [-0.05, 0) is 18.4 Å².